The highest BCUT2D eigenvalue weighted by Gasteiger charge is 2.18. The Hall–Kier alpha value is -2.51. The van der Waals surface area contributed by atoms with Crippen molar-refractivity contribution in [2.24, 2.45) is 0 Å². The van der Waals surface area contributed by atoms with Gasteiger partial charge in [-0.3, -0.25) is 9.59 Å². The molecule has 0 unspecified atom stereocenters. The van der Waals surface area contributed by atoms with Crippen LogP contribution >= 0.6 is 23.4 Å². The molecule has 0 aromatic heterocycles. The van der Waals surface area contributed by atoms with E-state index in [1.165, 1.54) is 0 Å². The summed E-state index contributed by atoms with van der Waals surface area (Å²) in [4.78, 5) is 36.9. The first-order valence-electron chi connectivity index (χ1n) is 8.71. The molecule has 1 aliphatic rings. The lowest BCUT2D eigenvalue weighted by atomic mass is 10.1. The van der Waals surface area contributed by atoms with Gasteiger partial charge in [0, 0.05) is 22.1 Å². The average molecular weight is 419 g/mol. The lowest BCUT2D eigenvalue weighted by Gasteiger charge is -2.15. The monoisotopic (exact) mass is 418 g/mol. The molecule has 146 valence electrons. The SMILES string of the molecule is C[C@H](NC(=O)COC(=O)c1ccc2c(c1)NC(=O)CCS2)c1cccc(Cl)c1. The Morgan fingerprint density at radius 1 is 1.29 bits per heavy atom. The number of thioether (sulfide) groups is 1. The second kappa shape index (κ2) is 9.12. The maximum absolute atomic E-state index is 12.3. The van der Waals surface area contributed by atoms with Gasteiger partial charge in [-0.15, -0.1) is 11.8 Å². The second-order valence-corrected chi connectivity index (χ2v) is 7.85. The molecular formula is C20H19ClN2O4S. The zero-order chi connectivity index (χ0) is 20.1. The van der Waals surface area contributed by atoms with Gasteiger partial charge in [0.05, 0.1) is 17.3 Å². The van der Waals surface area contributed by atoms with Crippen molar-refractivity contribution in [2.75, 3.05) is 17.7 Å². The number of carbonyl (C=O) groups is 3. The molecule has 8 heteroatoms. The summed E-state index contributed by atoms with van der Waals surface area (Å²) in [5.74, 6) is -0.449. The Bertz CT molecular complexity index is 919. The highest BCUT2D eigenvalue weighted by atomic mass is 35.5. The molecule has 0 radical (unpaired) electrons. The van der Waals surface area contributed by atoms with Gasteiger partial charge < -0.3 is 15.4 Å². The van der Waals surface area contributed by atoms with Crippen LogP contribution in [0.15, 0.2) is 47.4 Å². The number of ether oxygens (including phenoxy) is 1. The molecule has 2 amide bonds. The van der Waals surface area contributed by atoms with Gasteiger partial charge in [-0.25, -0.2) is 4.79 Å². The van der Waals surface area contributed by atoms with Crippen molar-refractivity contribution in [3.8, 4) is 0 Å². The van der Waals surface area contributed by atoms with Crippen LogP contribution in [-0.4, -0.2) is 30.1 Å². The Labute approximate surface area is 172 Å². The minimum atomic E-state index is -0.628. The average Bonchev–Trinajstić information content (AvgIpc) is 2.85. The summed E-state index contributed by atoms with van der Waals surface area (Å²) in [5.41, 5.74) is 1.71. The molecule has 0 saturated carbocycles. The van der Waals surface area contributed by atoms with Crippen molar-refractivity contribution in [3.05, 3.63) is 58.6 Å². The molecule has 0 aliphatic carbocycles. The van der Waals surface area contributed by atoms with E-state index in [1.807, 2.05) is 13.0 Å². The molecule has 0 fully saturated rings. The summed E-state index contributed by atoms with van der Waals surface area (Å²) >= 11 is 7.50. The Morgan fingerprint density at radius 3 is 2.89 bits per heavy atom. The fourth-order valence-electron chi connectivity index (χ4n) is 2.70. The van der Waals surface area contributed by atoms with Crippen LogP contribution in [-0.2, 0) is 14.3 Å². The number of nitrogens with one attached hydrogen (secondary N) is 2. The molecule has 1 heterocycles. The molecule has 6 nitrogen and oxygen atoms in total. The zero-order valence-corrected chi connectivity index (χ0v) is 16.7. The lowest BCUT2D eigenvalue weighted by Crippen LogP contribution is -2.31. The van der Waals surface area contributed by atoms with E-state index in [1.54, 1.807) is 48.2 Å². The molecular weight excluding hydrogens is 400 g/mol. The van der Waals surface area contributed by atoms with Gasteiger partial charge in [0.25, 0.3) is 5.91 Å². The van der Waals surface area contributed by atoms with Crippen LogP contribution in [0.5, 0.6) is 0 Å². The number of carbonyl (C=O) groups excluding carboxylic acids is 3. The maximum Gasteiger partial charge on any atom is 0.338 e. The van der Waals surface area contributed by atoms with Crippen molar-refractivity contribution < 1.29 is 19.1 Å². The summed E-state index contributed by atoms with van der Waals surface area (Å²) in [6.07, 6.45) is 0.421. The van der Waals surface area contributed by atoms with Crippen molar-refractivity contribution in [1.82, 2.24) is 5.32 Å². The number of anilines is 1. The minimum Gasteiger partial charge on any atom is -0.452 e. The van der Waals surface area contributed by atoms with Crippen LogP contribution in [0.2, 0.25) is 5.02 Å². The summed E-state index contributed by atoms with van der Waals surface area (Å²) in [5, 5.41) is 6.11. The Morgan fingerprint density at radius 2 is 2.11 bits per heavy atom. The molecule has 1 aliphatic heterocycles. The van der Waals surface area contributed by atoms with Crippen molar-refractivity contribution in [2.45, 2.75) is 24.3 Å². The lowest BCUT2D eigenvalue weighted by molar-refractivity contribution is -0.124. The van der Waals surface area contributed by atoms with Crippen molar-refractivity contribution in [3.63, 3.8) is 0 Å². The van der Waals surface area contributed by atoms with E-state index in [0.29, 0.717) is 22.9 Å². The molecule has 3 rings (SSSR count). The topological polar surface area (TPSA) is 84.5 Å². The van der Waals surface area contributed by atoms with E-state index < -0.39 is 18.5 Å². The quantitative estimate of drug-likeness (QED) is 0.721. The van der Waals surface area contributed by atoms with E-state index in [4.69, 9.17) is 16.3 Å². The van der Waals surface area contributed by atoms with E-state index in [-0.39, 0.29) is 17.5 Å². The van der Waals surface area contributed by atoms with E-state index in [0.717, 1.165) is 10.5 Å². The van der Waals surface area contributed by atoms with Gasteiger partial charge in [-0.05, 0) is 42.8 Å². The second-order valence-electron chi connectivity index (χ2n) is 6.28. The number of fused-ring (bicyclic) bond motifs is 1. The number of hydrogen-bond acceptors (Lipinski definition) is 5. The molecule has 1 atom stereocenters. The van der Waals surface area contributed by atoms with Gasteiger partial charge in [-0.1, -0.05) is 23.7 Å². The predicted molar refractivity (Wildman–Crippen MR) is 109 cm³/mol. The molecule has 2 aromatic carbocycles. The van der Waals surface area contributed by atoms with Crippen LogP contribution in [0.25, 0.3) is 0 Å². The van der Waals surface area contributed by atoms with Gasteiger partial charge in [0.15, 0.2) is 6.61 Å². The smallest absolute Gasteiger partial charge is 0.338 e. The fraction of sp³-hybridized carbons (Fsp3) is 0.250. The molecule has 28 heavy (non-hydrogen) atoms. The highest BCUT2D eigenvalue weighted by molar-refractivity contribution is 7.99. The van der Waals surface area contributed by atoms with E-state index in [2.05, 4.69) is 10.6 Å². The van der Waals surface area contributed by atoms with Crippen LogP contribution in [0.3, 0.4) is 0 Å². The third-order valence-corrected chi connectivity index (χ3v) is 5.45. The molecule has 2 aromatic rings. The van der Waals surface area contributed by atoms with Crippen LogP contribution in [0, 0.1) is 0 Å². The van der Waals surface area contributed by atoms with Gasteiger partial charge >= 0.3 is 5.97 Å². The summed E-state index contributed by atoms with van der Waals surface area (Å²) in [6.45, 7) is 1.42. The summed E-state index contributed by atoms with van der Waals surface area (Å²) in [7, 11) is 0. The van der Waals surface area contributed by atoms with Crippen molar-refractivity contribution >= 4 is 46.8 Å². The first-order chi connectivity index (χ1) is 13.4. The first-order valence-corrected chi connectivity index (χ1v) is 10.1. The largest absolute Gasteiger partial charge is 0.452 e. The number of rotatable bonds is 5. The maximum atomic E-state index is 12.3. The van der Waals surface area contributed by atoms with Crippen LogP contribution in [0.1, 0.15) is 35.3 Å². The van der Waals surface area contributed by atoms with Gasteiger partial charge in [-0.2, -0.15) is 0 Å². The number of amides is 2. The van der Waals surface area contributed by atoms with E-state index >= 15 is 0 Å². The molecule has 2 N–H and O–H groups in total. The first kappa shape index (κ1) is 20.2. The molecule has 0 saturated heterocycles. The number of halogens is 1. The fourth-order valence-corrected chi connectivity index (χ4v) is 3.84. The van der Waals surface area contributed by atoms with Gasteiger partial charge in [0.1, 0.15) is 0 Å². The van der Waals surface area contributed by atoms with Crippen LogP contribution in [0.4, 0.5) is 5.69 Å². The normalized spacial score (nSPS) is 14.3. The van der Waals surface area contributed by atoms with Crippen LogP contribution < -0.4 is 10.6 Å². The minimum absolute atomic E-state index is 0.0915. The number of esters is 1. The standard InChI is InChI=1S/C20H19ClN2O4S/c1-12(13-3-2-4-15(21)9-13)22-19(25)11-27-20(26)14-5-6-17-16(10-14)23-18(24)7-8-28-17/h2-6,9-10,12H,7-8,11H2,1H3,(H,22,25)(H,23,24)/t12-/m0/s1. The zero-order valence-electron chi connectivity index (χ0n) is 15.2. The van der Waals surface area contributed by atoms with Gasteiger partial charge in [0.2, 0.25) is 5.91 Å². The summed E-state index contributed by atoms with van der Waals surface area (Å²) < 4.78 is 5.10. The molecule has 0 bridgehead atoms. The number of hydrogen-bond donors (Lipinski definition) is 2. The third kappa shape index (κ3) is 5.27. The van der Waals surface area contributed by atoms with Crippen molar-refractivity contribution in [1.29, 1.82) is 0 Å². The van der Waals surface area contributed by atoms with E-state index in [9.17, 15) is 14.4 Å². The Kier molecular flexibility index (Phi) is 6.59. The number of benzene rings is 2. The molecule has 0 spiro atoms. The summed E-state index contributed by atoms with van der Waals surface area (Å²) in [6, 6.07) is 11.9. The highest BCUT2D eigenvalue weighted by Crippen LogP contribution is 2.31. The Balaban J connectivity index is 1.56. The predicted octanol–water partition coefficient (Wildman–Crippen LogP) is 3.81. The third-order valence-electron chi connectivity index (χ3n) is 4.14.